The van der Waals surface area contributed by atoms with Crippen molar-refractivity contribution >= 4 is 58.0 Å². The molecule has 2 aromatic rings. The van der Waals surface area contributed by atoms with Crippen LogP contribution in [0.2, 0.25) is 15.1 Å². The molecule has 1 fully saturated rings. The standard InChI is InChI=1S/C21H22Cl3N3O3/c1-13(30-20-6-3-15(22)11-18(20)24)21(29)25-16-4-5-19(17(23)12-16)27-9-7-26(8-10-27)14(2)28/h3-6,11-13H,7-10H2,1-2H3,(H,25,29). The van der Waals surface area contributed by atoms with Crippen LogP contribution in [0, 0.1) is 0 Å². The molecule has 1 N–H and O–H groups in total. The van der Waals surface area contributed by atoms with E-state index in [4.69, 9.17) is 39.5 Å². The summed E-state index contributed by atoms with van der Waals surface area (Å²) in [6, 6.07) is 10.2. The number of hydrogen-bond donors (Lipinski definition) is 1. The maximum Gasteiger partial charge on any atom is 0.265 e. The third kappa shape index (κ3) is 5.50. The smallest absolute Gasteiger partial charge is 0.265 e. The average Bonchev–Trinajstić information content (AvgIpc) is 2.70. The summed E-state index contributed by atoms with van der Waals surface area (Å²) < 4.78 is 5.64. The minimum Gasteiger partial charge on any atom is -0.479 e. The predicted molar refractivity (Wildman–Crippen MR) is 121 cm³/mol. The second-order valence-corrected chi connectivity index (χ2v) is 8.23. The Labute approximate surface area is 190 Å². The molecule has 0 bridgehead atoms. The van der Waals surface area contributed by atoms with Gasteiger partial charge in [0.15, 0.2) is 6.10 Å². The summed E-state index contributed by atoms with van der Waals surface area (Å²) >= 11 is 18.4. The minimum absolute atomic E-state index is 0.0787. The Kier molecular flexibility index (Phi) is 7.34. The number of halogens is 3. The van der Waals surface area contributed by atoms with Gasteiger partial charge in [-0.05, 0) is 43.3 Å². The Morgan fingerprint density at radius 1 is 1.00 bits per heavy atom. The first-order chi connectivity index (χ1) is 14.2. The second kappa shape index (κ2) is 9.77. The molecule has 6 nitrogen and oxygen atoms in total. The van der Waals surface area contributed by atoms with Crippen LogP contribution in [-0.4, -0.2) is 49.0 Å². The summed E-state index contributed by atoms with van der Waals surface area (Å²) in [5.74, 6) is 0.122. The van der Waals surface area contributed by atoms with E-state index in [0.717, 1.165) is 5.69 Å². The lowest BCUT2D eigenvalue weighted by Gasteiger charge is -2.36. The largest absolute Gasteiger partial charge is 0.479 e. The SMILES string of the molecule is CC(=O)N1CCN(c2ccc(NC(=O)C(C)Oc3ccc(Cl)cc3Cl)cc2Cl)CC1. The number of rotatable bonds is 5. The highest BCUT2D eigenvalue weighted by Gasteiger charge is 2.21. The van der Waals surface area contributed by atoms with Gasteiger partial charge >= 0.3 is 0 Å². The predicted octanol–water partition coefficient (Wildman–Crippen LogP) is 4.72. The maximum atomic E-state index is 12.5. The van der Waals surface area contributed by atoms with E-state index in [1.54, 1.807) is 44.2 Å². The number of carbonyl (C=O) groups excluding carboxylic acids is 2. The summed E-state index contributed by atoms with van der Waals surface area (Å²) in [5.41, 5.74) is 1.43. The third-order valence-corrected chi connectivity index (χ3v) is 5.68. The Hall–Kier alpha value is -2.15. The summed E-state index contributed by atoms with van der Waals surface area (Å²) in [5, 5.41) is 4.14. The first kappa shape index (κ1) is 22.5. The van der Waals surface area contributed by atoms with Gasteiger partial charge in [0.05, 0.1) is 15.7 Å². The van der Waals surface area contributed by atoms with Gasteiger partial charge in [-0.25, -0.2) is 0 Å². The zero-order chi connectivity index (χ0) is 21.8. The topological polar surface area (TPSA) is 61.9 Å². The molecule has 0 radical (unpaired) electrons. The highest BCUT2D eigenvalue weighted by molar-refractivity contribution is 6.35. The zero-order valence-corrected chi connectivity index (χ0v) is 18.9. The lowest BCUT2D eigenvalue weighted by atomic mass is 10.2. The van der Waals surface area contributed by atoms with Crippen LogP contribution in [0.5, 0.6) is 5.75 Å². The summed E-state index contributed by atoms with van der Waals surface area (Å²) in [7, 11) is 0. The maximum absolute atomic E-state index is 12.5. The van der Waals surface area contributed by atoms with Gasteiger partial charge in [-0.2, -0.15) is 0 Å². The molecule has 9 heteroatoms. The van der Waals surface area contributed by atoms with Crippen LogP contribution in [0.15, 0.2) is 36.4 Å². The molecule has 1 heterocycles. The first-order valence-corrected chi connectivity index (χ1v) is 10.6. The molecule has 1 atom stereocenters. The highest BCUT2D eigenvalue weighted by atomic mass is 35.5. The van der Waals surface area contributed by atoms with Gasteiger partial charge in [-0.3, -0.25) is 9.59 Å². The number of anilines is 2. The van der Waals surface area contributed by atoms with Crippen molar-refractivity contribution in [3.05, 3.63) is 51.5 Å². The number of amides is 2. The van der Waals surface area contributed by atoms with Crippen LogP contribution in [-0.2, 0) is 9.59 Å². The van der Waals surface area contributed by atoms with Crippen LogP contribution in [0.25, 0.3) is 0 Å². The number of hydrogen-bond acceptors (Lipinski definition) is 4. The van der Waals surface area contributed by atoms with Crippen molar-refractivity contribution in [3.63, 3.8) is 0 Å². The lowest BCUT2D eigenvalue weighted by molar-refractivity contribution is -0.129. The molecule has 0 saturated carbocycles. The molecule has 1 unspecified atom stereocenters. The minimum atomic E-state index is -0.776. The lowest BCUT2D eigenvalue weighted by Crippen LogP contribution is -2.48. The number of piperazine rings is 1. The molecule has 2 amide bonds. The van der Waals surface area contributed by atoms with Crippen LogP contribution in [0.1, 0.15) is 13.8 Å². The van der Waals surface area contributed by atoms with Crippen LogP contribution in [0.3, 0.4) is 0 Å². The molecule has 30 heavy (non-hydrogen) atoms. The number of nitrogens with zero attached hydrogens (tertiary/aromatic N) is 2. The van der Waals surface area contributed by atoms with E-state index in [2.05, 4.69) is 10.2 Å². The van der Waals surface area contributed by atoms with Crippen molar-refractivity contribution < 1.29 is 14.3 Å². The Morgan fingerprint density at radius 2 is 1.70 bits per heavy atom. The second-order valence-electron chi connectivity index (χ2n) is 6.98. The van der Waals surface area contributed by atoms with Gasteiger partial charge in [0, 0.05) is 43.8 Å². The van der Waals surface area contributed by atoms with Gasteiger partial charge in [0.25, 0.3) is 5.91 Å². The van der Waals surface area contributed by atoms with E-state index < -0.39 is 6.10 Å². The van der Waals surface area contributed by atoms with Crippen molar-refractivity contribution in [2.24, 2.45) is 0 Å². The fourth-order valence-electron chi connectivity index (χ4n) is 3.16. The fourth-order valence-corrected chi connectivity index (χ4v) is 3.92. The normalized spacial score (nSPS) is 15.0. The van der Waals surface area contributed by atoms with Gasteiger partial charge in [0.2, 0.25) is 5.91 Å². The van der Waals surface area contributed by atoms with Gasteiger partial charge in [-0.1, -0.05) is 34.8 Å². The van der Waals surface area contributed by atoms with Crippen LogP contribution in [0.4, 0.5) is 11.4 Å². The van der Waals surface area contributed by atoms with Crippen LogP contribution >= 0.6 is 34.8 Å². The number of carbonyl (C=O) groups is 2. The molecular formula is C21H22Cl3N3O3. The fraction of sp³-hybridized carbons (Fsp3) is 0.333. The molecule has 0 aromatic heterocycles. The summed E-state index contributed by atoms with van der Waals surface area (Å²) in [6.45, 7) is 5.93. The van der Waals surface area contributed by atoms with E-state index in [9.17, 15) is 9.59 Å². The van der Waals surface area contributed by atoms with E-state index in [1.165, 1.54) is 0 Å². The van der Waals surface area contributed by atoms with Crippen molar-refractivity contribution in [2.45, 2.75) is 20.0 Å². The Balaban J connectivity index is 1.61. The average molecular weight is 471 g/mol. The van der Waals surface area contributed by atoms with Crippen LogP contribution < -0.4 is 15.0 Å². The zero-order valence-electron chi connectivity index (χ0n) is 16.6. The van der Waals surface area contributed by atoms with E-state index in [-0.39, 0.29) is 11.8 Å². The highest BCUT2D eigenvalue weighted by Crippen LogP contribution is 2.31. The Bertz CT molecular complexity index is 946. The third-order valence-electron chi connectivity index (χ3n) is 4.85. The molecule has 0 aliphatic carbocycles. The summed E-state index contributed by atoms with van der Waals surface area (Å²) in [6.07, 6.45) is -0.776. The molecular weight excluding hydrogens is 449 g/mol. The van der Waals surface area contributed by atoms with Crippen molar-refractivity contribution in [1.82, 2.24) is 4.90 Å². The molecule has 0 spiro atoms. The van der Waals surface area contributed by atoms with Gasteiger partial charge in [0.1, 0.15) is 5.75 Å². The van der Waals surface area contributed by atoms with Gasteiger partial charge in [-0.15, -0.1) is 0 Å². The van der Waals surface area contributed by atoms with Crippen molar-refractivity contribution in [2.75, 3.05) is 36.4 Å². The number of ether oxygens (including phenoxy) is 1. The molecule has 2 aromatic carbocycles. The quantitative estimate of drug-likeness (QED) is 0.687. The molecule has 160 valence electrons. The van der Waals surface area contributed by atoms with E-state index in [0.29, 0.717) is 52.7 Å². The molecule has 1 saturated heterocycles. The van der Waals surface area contributed by atoms with E-state index >= 15 is 0 Å². The molecule has 3 rings (SSSR count). The van der Waals surface area contributed by atoms with Gasteiger partial charge < -0.3 is 19.9 Å². The summed E-state index contributed by atoms with van der Waals surface area (Å²) in [4.78, 5) is 27.9. The molecule has 1 aliphatic rings. The van der Waals surface area contributed by atoms with E-state index in [1.807, 2.05) is 11.0 Å². The monoisotopic (exact) mass is 469 g/mol. The first-order valence-electron chi connectivity index (χ1n) is 9.47. The Morgan fingerprint density at radius 3 is 2.30 bits per heavy atom. The number of benzene rings is 2. The molecule has 1 aliphatic heterocycles. The number of nitrogens with one attached hydrogen (secondary N) is 1. The van der Waals surface area contributed by atoms with Crippen molar-refractivity contribution in [3.8, 4) is 5.75 Å². The van der Waals surface area contributed by atoms with Crippen molar-refractivity contribution in [1.29, 1.82) is 0 Å².